The summed E-state index contributed by atoms with van der Waals surface area (Å²) in [6, 6.07) is 5.63. The van der Waals surface area contributed by atoms with Crippen molar-refractivity contribution in [1.82, 2.24) is 15.2 Å². The standard InChI is InChI=1S/C15H23N3O2/c1-11(18-9-12(2)20-13(3)10-18)8-17-15(19)14-6-4-5-7-16-14/h4-7,11-13H,8-10H2,1-3H3,(H,17,19)/t11-,12-,13-/m1/s1. The molecule has 0 unspecified atom stereocenters. The lowest BCUT2D eigenvalue weighted by atomic mass is 10.1. The first kappa shape index (κ1) is 14.9. The first-order valence-electron chi connectivity index (χ1n) is 7.15. The van der Waals surface area contributed by atoms with Gasteiger partial charge in [0.1, 0.15) is 5.69 Å². The normalized spacial score (nSPS) is 25.1. The second-order valence-electron chi connectivity index (χ2n) is 5.49. The van der Waals surface area contributed by atoms with Crippen LogP contribution in [0.25, 0.3) is 0 Å². The van der Waals surface area contributed by atoms with Gasteiger partial charge >= 0.3 is 0 Å². The summed E-state index contributed by atoms with van der Waals surface area (Å²) < 4.78 is 5.72. The van der Waals surface area contributed by atoms with Crippen molar-refractivity contribution in [3.8, 4) is 0 Å². The van der Waals surface area contributed by atoms with Crippen molar-refractivity contribution in [2.75, 3.05) is 19.6 Å². The zero-order valence-corrected chi connectivity index (χ0v) is 12.4. The van der Waals surface area contributed by atoms with Crippen LogP contribution in [0.3, 0.4) is 0 Å². The summed E-state index contributed by atoms with van der Waals surface area (Å²) in [5, 5.41) is 2.94. The summed E-state index contributed by atoms with van der Waals surface area (Å²) in [5.41, 5.74) is 0.461. The zero-order chi connectivity index (χ0) is 14.5. The molecule has 0 saturated carbocycles. The topological polar surface area (TPSA) is 54.5 Å². The molecular weight excluding hydrogens is 254 g/mol. The molecule has 0 aromatic carbocycles. The number of carbonyl (C=O) groups is 1. The Morgan fingerprint density at radius 2 is 2.15 bits per heavy atom. The molecule has 5 heteroatoms. The monoisotopic (exact) mass is 277 g/mol. The minimum absolute atomic E-state index is 0.119. The largest absolute Gasteiger partial charge is 0.373 e. The molecule has 1 aromatic rings. The molecule has 110 valence electrons. The van der Waals surface area contributed by atoms with E-state index in [-0.39, 0.29) is 24.2 Å². The molecule has 1 fully saturated rings. The fourth-order valence-electron chi connectivity index (χ4n) is 2.53. The van der Waals surface area contributed by atoms with Gasteiger partial charge in [-0.15, -0.1) is 0 Å². The molecule has 2 heterocycles. The molecule has 1 saturated heterocycles. The van der Waals surface area contributed by atoms with Gasteiger partial charge in [-0.1, -0.05) is 6.07 Å². The molecule has 1 aliphatic heterocycles. The first-order chi connectivity index (χ1) is 9.56. The number of amides is 1. The van der Waals surface area contributed by atoms with Gasteiger partial charge in [-0.3, -0.25) is 14.7 Å². The Morgan fingerprint density at radius 3 is 2.75 bits per heavy atom. The van der Waals surface area contributed by atoms with E-state index in [9.17, 15) is 4.79 Å². The highest BCUT2D eigenvalue weighted by molar-refractivity contribution is 5.92. The summed E-state index contributed by atoms with van der Waals surface area (Å²) in [6.07, 6.45) is 2.12. The van der Waals surface area contributed by atoms with Gasteiger partial charge in [0.15, 0.2) is 0 Å². The minimum atomic E-state index is -0.119. The summed E-state index contributed by atoms with van der Waals surface area (Å²) >= 11 is 0. The lowest BCUT2D eigenvalue weighted by Crippen LogP contribution is -2.52. The van der Waals surface area contributed by atoms with Gasteiger partial charge in [0, 0.05) is 31.9 Å². The second kappa shape index (κ2) is 6.81. The Kier molecular flexibility index (Phi) is 5.09. The number of nitrogens with one attached hydrogen (secondary N) is 1. The molecule has 20 heavy (non-hydrogen) atoms. The Bertz CT molecular complexity index is 428. The first-order valence-corrected chi connectivity index (χ1v) is 7.15. The van der Waals surface area contributed by atoms with Crippen molar-refractivity contribution in [2.24, 2.45) is 0 Å². The number of ether oxygens (including phenoxy) is 1. The molecule has 1 aromatic heterocycles. The van der Waals surface area contributed by atoms with Gasteiger partial charge in [0.05, 0.1) is 12.2 Å². The second-order valence-corrected chi connectivity index (χ2v) is 5.49. The summed E-state index contributed by atoms with van der Waals surface area (Å²) in [4.78, 5) is 18.4. The number of hydrogen-bond acceptors (Lipinski definition) is 4. The molecule has 2 rings (SSSR count). The van der Waals surface area contributed by atoms with Crippen LogP contribution in [0.5, 0.6) is 0 Å². The smallest absolute Gasteiger partial charge is 0.269 e. The van der Waals surface area contributed by atoms with E-state index in [0.717, 1.165) is 13.1 Å². The highest BCUT2D eigenvalue weighted by Gasteiger charge is 2.25. The Labute approximate surface area is 120 Å². The third-order valence-corrected chi connectivity index (χ3v) is 3.53. The van der Waals surface area contributed by atoms with E-state index in [2.05, 4.69) is 36.0 Å². The maximum Gasteiger partial charge on any atom is 0.269 e. The van der Waals surface area contributed by atoms with Crippen molar-refractivity contribution in [3.05, 3.63) is 30.1 Å². The van der Waals surface area contributed by atoms with Crippen LogP contribution in [0.4, 0.5) is 0 Å². The lowest BCUT2D eigenvalue weighted by Gasteiger charge is -2.38. The number of pyridine rings is 1. The number of carbonyl (C=O) groups excluding carboxylic acids is 1. The minimum Gasteiger partial charge on any atom is -0.373 e. The van der Waals surface area contributed by atoms with Crippen molar-refractivity contribution in [2.45, 2.75) is 39.0 Å². The summed E-state index contributed by atoms with van der Waals surface area (Å²) in [7, 11) is 0. The van der Waals surface area contributed by atoms with E-state index < -0.39 is 0 Å². The third-order valence-electron chi connectivity index (χ3n) is 3.53. The predicted octanol–water partition coefficient (Wildman–Crippen LogP) is 1.31. The highest BCUT2D eigenvalue weighted by atomic mass is 16.5. The summed E-state index contributed by atoms with van der Waals surface area (Å²) in [5.74, 6) is -0.119. The predicted molar refractivity (Wildman–Crippen MR) is 77.6 cm³/mol. The molecule has 0 bridgehead atoms. The van der Waals surface area contributed by atoms with Crippen LogP contribution < -0.4 is 5.32 Å². The quantitative estimate of drug-likeness (QED) is 0.901. The van der Waals surface area contributed by atoms with Gasteiger partial charge in [-0.2, -0.15) is 0 Å². The average Bonchev–Trinajstić information content (AvgIpc) is 2.44. The van der Waals surface area contributed by atoms with Gasteiger partial charge in [-0.25, -0.2) is 0 Å². The Balaban J connectivity index is 1.83. The number of hydrogen-bond donors (Lipinski definition) is 1. The zero-order valence-electron chi connectivity index (χ0n) is 12.4. The van der Waals surface area contributed by atoms with Crippen molar-refractivity contribution < 1.29 is 9.53 Å². The number of aromatic nitrogens is 1. The number of rotatable bonds is 4. The van der Waals surface area contributed by atoms with E-state index >= 15 is 0 Å². The highest BCUT2D eigenvalue weighted by Crippen LogP contribution is 2.13. The van der Waals surface area contributed by atoms with Crippen LogP contribution in [0.15, 0.2) is 24.4 Å². The molecular formula is C15H23N3O2. The van der Waals surface area contributed by atoms with Gasteiger partial charge in [0.2, 0.25) is 0 Å². The van der Waals surface area contributed by atoms with Crippen LogP contribution in [0, 0.1) is 0 Å². The van der Waals surface area contributed by atoms with E-state index in [1.807, 2.05) is 6.07 Å². The lowest BCUT2D eigenvalue weighted by molar-refractivity contribution is -0.0778. The molecule has 3 atom stereocenters. The summed E-state index contributed by atoms with van der Waals surface area (Å²) in [6.45, 7) is 8.73. The maximum absolute atomic E-state index is 11.9. The molecule has 0 radical (unpaired) electrons. The van der Waals surface area contributed by atoms with Crippen molar-refractivity contribution in [3.63, 3.8) is 0 Å². The van der Waals surface area contributed by atoms with E-state index in [4.69, 9.17) is 4.74 Å². The fraction of sp³-hybridized carbons (Fsp3) is 0.600. The number of morpholine rings is 1. The van der Waals surface area contributed by atoms with E-state index in [1.165, 1.54) is 0 Å². The average molecular weight is 277 g/mol. The molecule has 0 aliphatic carbocycles. The van der Waals surface area contributed by atoms with Crippen LogP contribution in [-0.2, 0) is 4.74 Å². The Morgan fingerprint density at radius 1 is 1.45 bits per heavy atom. The molecule has 1 N–H and O–H groups in total. The van der Waals surface area contributed by atoms with E-state index in [0.29, 0.717) is 12.2 Å². The number of nitrogens with zero attached hydrogens (tertiary/aromatic N) is 2. The van der Waals surface area contributed by atoms with Crippen molar-refractivity contribution in [1.29, 1.82) is 0 Å². The molecule has 1 aliphatic rings. The van der Waals surface area contributed by atoms with Gasteiger partial charge in [0.25, 0.3) is 5.91 Å². The van der Waals surface area contributed by atoms with E-state index in [1.54, 1.807) is 18.3 Å². The Hall–Kier alpha value is -1.46. The molecule has 1 amide bonds. The fourth-order valence-corrected chi connectivity index (χ4v) is 2.53. The van der Waals surface area contributed by atoms with Crippen LogP contribution >= 0.6 is 0 Å². The van der Waals surface area contributed by atoms with Crippen LogP contribution in [0.1, 0.15) is 31.3 Å². The SMILES string of the molecule is C[C@@H]1CN([C@H](C)CNC(=O)c2ccccn2)C[C@@H](C)O1. The van der Waals surface area contributed by atoms with Gasteiger partial charge < -0.3 is 10.1 Å². The van der Waals surface area contributed by atoms with Crippen LogP contribution in [0.2, 0.25) is 0 Å². The molecule has 5 nitrogen and oxygen atoms in total. The van der Waals surface area contributed by atoms with Crippen LogP contribution in [-0.4, -0.2) is 53.7 Å². The molecule has 0 spiro atoms. The third kappa shape index (κ3) is 4.02. The van der Waals surface area contributed by atoms with Gasteiger partial charge in [-0.05, 0) is 32.9 Å². The van der Waals surface area contributed by atoms with Crippen molar-refractivity contribution >= 4 is 5.91 Å². The maximum atomic E-state index is 11.9.